The lowest BCUT2D eigenvalue weighted by Gasteiger charge is -2.31. The largest absolute Gasteiger partial charge is 0.493 e. The first-order valence-electron chi connectivity index (χ1n) is 8.32. The predicted molar refractivity (Wildman–Crippen MR) is 90.7 cm³/mol. The normalized spacial score (nSPS) is 17.0. The quantitative estimate of drug-likeness (QED) is 0.801. The molecule has 124 valence electrons. The van der Waals surface area contributed by atoms with Crippen molar-refractivity contribution in [1.82, 2.24) is 10.2 Å². The van der Waals surface area contributed by atoms with Gasteiger partial charge in [0, 0.05) is 24.7 Å². The zero-order valence-corrected chi connectivity index (χ0v) is 14.4. The van der Waals surface area contributed by atoms with E-state index in [0.717, 1.165) is 30.2 Å². The van der Waals surface area contributed by atoms with E-state index in [4.69, 9.17) is 9.47 Å². The maximum atomic E-state index is 5.50. The van der Waals surface area contributed by atoms with Crippen LogP contribution in [-0.2, 0) is 6.54 Å². The van der Waals surface area contributed by atoms with Gasteiger partial charge in [0.15, 0.2) is 11.5 Å². The van der Waals surface area contributed by atoms with Crippen LogP contribution in [0.15, 0.2) is 18.2 Å². The summed E-state index contributed by atoms with van der Waals surface area (Å²) in [4.78, 5) is 2.63. The molecule has 1 aromatic carbocycles. The van der Waals surface area contributed by atoms with Crippen LogP contribution in [0.3, 0.4) is 0 Å². The van der Waals surface area contributed by atoms with Crippen molar-refractivity contribution in [1.29, 1.82) is 0 Å². The fraction of sp³-hybridized carbons (Fsp3) is 0.667. The molecule has 0 aromatic heterocycles. The predicted octanol–water partition coefficient (Wildman–Crippen LogP) is 2.91. The molecule has 1 heterocycles. The number of ether oxygens (including phenoxy) is 2. The summed E-state index contributed by atoms with van der Waals surface area (Å²) in [6.45, 7) is 8.93. The van der Waals surface area contributed by atoms with Gasteiger partial charge >= 0.3 is 0 Å². The van der Waals surface area contributed by atoms with Gasteiger partial charge in [-0.05, 0) is 37.9 Å². The van der Waals surface area contributed by atoms with Gasteiger partial charge in [-0.3, -0.25) is 4.90 Å². The number of likely N-dealkylation sites (tertiary alicyclic amines) is 1. The average Bonchev–Trinajstić information content (AvgIpc) is 3.04. The topological polar surface area (TPSA) is 33.7 Å². The van der Waals surface area contributed by atoms with Crippen LogP contribution in [-0.4, -0.2) is 44.8 Å². The zero-order valence-electron chi connectivity index (χ0n) is 14.4. The van der Waals surface area contributed by atoms with Gasteiger partial charge in [-0.25, -0.2) is 0 Å². The second-order valence-corrected chi connectivity index (χ2v) is 6.34. The van der Waals surface area contributed by atoms with E-state index < -0.39 is 0 Å². The molecule has 0 saturated carbocycles. The molecule has 1 fully saturated rings. The van der Waals surface area contributed by atoms with Crippen LogP contribution in [0.4, 0.5) is 0 Å². The minimum Gasteiger partial charge on any atom is -0.493 e. The van der Waals surface area contributed by atoms with Crippen LogP contribution >= 0.6 is 0 Å². The minimum absolute atomic E-state index is 0.610. The molecule has 0 amide bonds. The molecule has 1 saturated heterocycles. The maximum Gasteiger partial charge on any atom is 0.165 e. The van der Waals surface area contributed by atoms with Gasteiger partial charge in [-0.1, -0.05) is 26.0 Å². The molecule has 1 atom stereocenters. The minimum atomic E-state index is 0.610. The van der Waals surface area contributed by atoms with Crippen molar-refractivity contribution in [3.05, 3.63) is 23.8 Å². The number of nitrogens with zero attached hydrogens (tertiary/aromatic N) is 1. The molecule has 22 heavy (non-hydrogen) atoms. The summed E-state index contributed by atoms with van der Waals surface area (Å²) in [5, 5.41) is 3.61. The van der Waals surface area contributed by atoms with Crippen LogP contribution < -0.4 is 14.8 Å². The molecule has 1 N–H and O–H groups in total. The molecule has 1 unspecified atom stereocenters. The van der Waals surface area contributed by atoms with Gasteiger partial charge < -0.3 is 14.8 Å². The smallest absolute Gasteiger partial charge is 0.165 e. The van der Waals surface area contributed by atoms with Crippen LogP contribution in [0, 0.1) is 5.92 Å². The Hall–Kier alpha value is -1.26. The molecule has 0 bridgehead atoms. The second kappa shape index (κ2) is 8.39. The highest BCUT2D eigenvalue weighted by molar-refractivity contribution is 5.46. The Balaban J connectivity index is 1.94. The van der Waals surface area contributed by atoms with E-state index in [2.05, 4.69) is 30.1 Å². The Morgan fingerprint density at radius 1 is 1.14 bits per heavy atom. The standard InChI is InChI=1S/C18H30N2O2/c1-14(2)16(20-10-5-6-11-20)13-19-12-15-8-7-9-17(21-3)18(15)22-4/h7-9,14,16,19H,5-6,10-13H2,1-4H3. The number of nitrogens with one attached hydrogen (secondary N) is 1. The van der Waals surface area contributed by atoms with E-state index in [1.807, 2.05) is 12.1 Å². The first-order chi connectivity index (χ1) is 10.7. The molecular formula is C18H30N2O2. The molecule has 1 aliphatic rings. The molecule has 0 radical (unpaired) electrons. The second-order valence-electron chi connectivity index (χ2n) is 6.34. The Bertz CT molecular complexity index is 456. The molecule has 2 rings (SSSR count). The van der Waals surface area contributed by atoms with E-state index in [0.29, 0.717) is 12.0 Å². The summed E-state index contributed by atoms with van der Waals surface area (Å²) in [5.74, 6) is 2.29. The highest BCUT2D eigenvalue weighted by atomic mass is 16.5. The lowest BCUT2D eigenvalue weighted by Crippen LogP contribution is -2.44. The van der Waals surface area contributed by atoms with Crippen molar-refractivity contribution in [3.63, 3.8) is 0 Å². The Labute approximate surface area is 134 Å². The Morgan fingerprint density at radius 2 is 1.86 bits per heavy atom. The van der Waals surface area contributed by atoms with Gasteiger partial charge in [-0.2, -0.15) is 0 Å². The molecule has 4 nitrogen and oxygen atoms in total. The van der Waals surface area contributed by atoms with Crippen molar-refractivity contribution < 1.29 is 9.47 Å². The molecule has 4 heteroatoms. The molecule has 1 aromatic rings. The first-order valence-corrected chi connectivity index (χ1v) is 8.32. The molecule has 0 aliphatic carbocycles. The Kier molecular flexibility index (Phi) is 6.52. The first kappa shape index (κ1) is 17.1. The number of para-hydroxylation sites is 1. The average molecular weight is 306 g/mol. The molecule has 1 aliphatic heterocycles. The third-order valence-corrected chi connectivity index (χ3v) is 4.53. The van der Waals surface area contributed by atoms with E-state index >= 15 is 0 Å². The number of methoxy groups -OCH3 is 2. The van der Waals surface area contributed by atoms with Crippen molar-refractivity contribution in [2.45, 2.75) is 39.3 Å². The van der Waals surface area contributed by atoms with Crippen LogP contribution in [0.5, 0.6) is 11.5 Å². The third-order valence-electron chi connectivity index (χ3n) is 4.53. The summed E-state index contributed by atoms with van der Waals surface area (Å²) < 4.78 is 10.9. The number of benzene rings is 1. The third kappa shape index (κ3) is 4.14. The molecule has 0 spiro atoms. The monoisotopic (exact) mass is 306 g/mol. The highest BCUT2D eigenvalue weighted by Crippen LogP contribution is 2.30. The summed E-state index contributed by atoms with van der Waals surface area (Å²) in [5.41, 5.74) is 1.14. The van der Waals surface area contributed by atoms with Gasteiger partial charge in [0.1, 0.15) is 0 Å². The lowest BCUT2D eigenvalue weighted by molar-refractivity contribution is 0.186. The van der Waals surface area contributed by atoms with Gasteiger partial charge in [0.05, 0.1) is 14.2 Å². The zero-order chi connectivity index (χ0) is 15.9. The van der Waals surface area contributed by atoms with Crippen molar-refractivity contribution in [2.75, 3.05) is 33.9 Å². The SMILES string of the molecule is COc1cccc(CNCC(C(C)C)N2CCCC2)c1OC. The Morgan fingerprint density at radius 3 is 2.45 bits per heavy atom. The number of hydrogen-bond acceptors (Lipinski definition) is 4. The van der Waals surface area contributed by atoms with Crippen LogP contribution in [0.2, 0.25) is 0 Å². The maximum absolute atomic E-state index is 5.50. The van der Waals surface area contributed by atoms with Crippen molar-refractivity contribution >= 4 is 0 Å². The summed E-state index contributed by atoms with van der Waals surface area (Å²) >= 11 is 0. The van der Waals surface area contributed by atoms with E-state index in [9.17, 15) is 0 Å². The fourth-order valence-electron chi connectivity index (χ4n) is 3.31. The summed E-state index contributed by atoms with van der Waals surface area (Å²) in [6, 6.07) is 6.65. The van der Waals surface area contributed by atoms with E-state index in [1.165, 1.54) is 25.9 Å². The number of rotatable bonds is 8. The van der Waals surface area contributed by atoms with Crippen LogP contribution in [0.1, 0.15) is 32.3 Å². The van der Waals surface area contributed by atoms with Crippen molar-refractivity contribution in [3.8, 4) is 11.5 Å². The van der Waals surface area contributed by atoms with Gasteiger partial charge in [0.2, 0.25) is 0 Å². The highest BCUT2D eigenvalue weighted by Gasteiger charge is 2.24. The van der Waals surface area contributed by atoms with Crippen molar-refractivity contribution in [2.24, 2.45) is 5.92 Å². The number of hydrogen-bond donors (Lipinski definition) is 1. The van der Waals surface area contributed by atoms with Gasteiger partial charge in [0.25, 0.3) is 0 Å². The van der Waals surface area contributed by atoms with E-state index in [1.54, 1.807) is 14.2 Å². The lowest BCUT2D eigenvalue weighted by atomic mass is 10.0. The van der Waals surface area contributed by atoms with E-state index in [-0.39, 0.29) is 0 Å². The summed E-state index contributed by atoms with van der Waals surface area (Å²) in [6.07, 6.45) is 2.68. The fourth-order valence-corrected chi connectivity index (χ4v) is 3.31. The summed E-state index contributed by atoms with van der Waals surface area (Å²) in [7, 11) is 3.37. The van der Waals surface area contributed by atoms with Gasteiger partial charge in [-0.15, -0.1) is 0 Å². The van der Waals surface area contributed by atoms with Crippen LogP contribution in [0.25, 0.3) is 0 Å². The molecular weight excluding hydrogens is 276 g/mol.